The maximum atomic E-state index is 11.3. The lowest BCUT2D eigenvalue weighted by atomic mass is 10.4. The van der Waals surface area contributed by atoms with Gasteiger partial charge in [-0.2, -0.15) is 4.98 Å². The van der Waals surface area contributed by atoms with Gasteiger partial charge in [-0.25, -0.2) is 4.98 Å². The zero-order chi connectivity index (χ0) is 12.8. The Morgan fingerprint density at radius 3 is 2.88 bits per heavy atom. The second-order valence-electron chi connectivity index (χ2n) is 3.42. The molecule has 0 spiro atoms. The van der Waals surface area contributed by atoms with E-state index < -0.39 is 0 Å². The summed E-state index contributed by atoms with van der Waals surface area (Å²) < 4.78 is 0.755. The Morgan fingerprint density at radius 1 is 1.59 bits per heavy atom. The van der Waals surface area contributed by atoms with Crippen molar-refractivity contribution in [3.05, 3.63) is 10.7 Å². The molecule has 94 valence electrons. The molecule has 0 bridgehead atoms. The van der Waals surface area contributed by atoms with E-state index in [2.05, 4.69) is 36.5 Å². The third kappa shape index (κ3) is 3.85. The molecule has 0 unspecified atom stereocenters. The van der Waals surface area contributed by atoms with E-state index in [1.807, 2.05) is 6.92 Å². The summed E-state index contributed by atoms with van der Waals surface area (Å²) in [5.41, 5.74) is 0. The van der Waals surface area contributed by atoms with Crippen molar-refractivity contribution in [2.75, 3.05) is 37.4 Å². The number of carbonyl (C=O) groups is 1. The predicted molar refractivity (Wildman–Crippen MR) is 71.2 cm³/mol. The molecule has 1 heterocycles. The second kappa shape index (κ2) is 6.39. The number of nitrogens with one attached hydrogen (secondary N) is 2. The molecule has 0 fully saturated rings. The summed E-state index contributed by atoms with van der Waals surface area (Å²) in [5, 5.41) is 5.60. The maximum absolute atomic E-state index is 11.3. The average molecular weight is 302 g/mol. The van der Waals surface area contributed by atoms with Crippen molar-refractivity contribution >= 4 is 33.6 Å². The number of hydrogen-bond acceptors (Lipinski definition) is 5. The van der Waals surface area contributed by atoms with Crippen LogP contribution in [0, 0.1) is 0 Å². The first-order valence-corrected chi connectivity index (χ1v) is 6.06. The lowest BCUT2D eigenvalue weighted by Crippen LogP contribution is -2.33. The first-order valence-electron chi connectivity index (χ1n) is 5.26. The van der Waals surface area contributed by atoms with Crippen molar-refractivity contribution < 1.29 is 4.79 Å². The van der Waals surface area contributed by atoms with Crippen LogP contribution in [0.1, 0.15) is 6.92 Å². The SMILES string of the molecule is CCNc1ncc(Br)c(N(C)CC(=O)NC)n1. The third-order valence-electron chi connectivity index (χ3n) is 2.08. The molecule has 0 radical (unpaired) electrons. The number of hydrogen-bond donors (Lipinski definition) is 2. The van der Waals surface area contributed by atoms with Crippen molar-refractivity contribution in [1.29, 1.82) is 0 Å². The van der Waals surface area contributed by atoms with Crippen LogP contribution < -0.4 is 15.5 Å². The molecule has 7 heteroatoms. The van der Waals surface area contributed by atoms with Crippen LogP contribution in [0.3, 0.4) is 0 Å². The molecule has 0 aliphatic carbocycles. The summed E-state index contributed by atoms with van der Waals surface area (Å²) in [5.74, 6) is 1.16. The zero-order valence-electron chi connectivity index (χ0n) is 10.1. The molecule has 0 aromatic carbocycles. The van der Waals surface area contributed by atoms with Gasteiger partial charge in [0, 0.05) is 26.8 Å². The molecular weight excluding hydrogens is 286 g/mol. The number of anilines is 2. The smallest absolute Gasteiger partial charge is 0.239 e. The van der Waals surface area contributed by atoms with Crippen molar-refractivity contribution in [3.63, 3.8) is 0 Å². The van der Waals surface area contributed by atoms with Crippen LogP contribution in [-0.2, 0) is 4.79 Å². The van der Waals surface area contributed by atoms with Crippen LogP contribution >= 0.6 is 15.9 Å². The lowest BCUT2D eigenvalue weighted by molar-refractivity contribution is -0.119. The van der Waals surface area contributed by atoms with E-state index >= 15 is 0 Å². The van der Waals surface area contributed by atoms with E-state index in [1.54, 1.807) is 25.2 Å². The van der Waals surface area contributed by atoms with Gasteiger partial charge in [-0.3, -0.25) is 4.79 Å². The molecule has 0 saturated carbocycles. The number of carbonyl (C=O) groups excluding carboxylic acids is 1. The van der Waals surface area contributed by atoms with Gasteiger partial charge < -0.3 is 15.5 Å². The van der Waals surface area contributed by atoms with Crippen LogP contribution in [0.25, 0.3) is 0 Å². The lowest BCUT2D eigenvalue weighted by Gasteiger charge is -2.18. The van der Waals surface area contributed by atoms with Gasteiger partial charge in [-0.05, 0) is 22.9 Å². The predicted octanol–water partition coefficient (Wildman–Crippen LogP) is 0.853. The Balaban J connectivity index is 2.87. The molecule has 0 atom stereocenters. The first-order chi connectivity index (χ1) is 8.08. The fourth-order valence-electron chi connectivity index (χ4n) is 1.24. The Bertz CT molecular complexity index is 398. The Hall–Kier alpha value is -1.37. The zero-order valence-corrected chi connectivity index (χ0v) is 11.7. The minimum absolute atomic E-state index is 0.0667. The van der Waals surface area contributed by atoms with Gasteiger partial charge in [0.1, 0.15) is 5.82 Å². The second-order valence-corrected chi connectivity index (χ2v) is 4.28. The van der Waals surface area contributed by atoms with Crippen molar-refractivity contribution in [2.24, 2.45) is 0 Å². The highest BCUT2D eigenvalue weighted by molar-refractivity contribution is 9.10. The van der Waals surface area contributed by atoms with Gasteiger partial charge in [-0.15, -0.1) is 0 Å². The van der Waals surface area contributed by atoms with E-state index in [0.717, 1.165) is 11.0 Å². The summed E-state index contributed by atoms with van der Waals surface area (Å²) in [4.78, 5) is 21.5. The number of halogens is 1. The molecule has 2 N–H and O–H groups in total. The number of amides is 1. The van der Waals surface area contributed by atoms with E-state index in [-0.39, 0.29) is 12.5 Å². The molecule has 0 aliphatic heterocycles. The molecule has 1 aromatic rings. The van der Waals surface area contributed by atoms with Crippen molar-refractivity contribution in [2.45, 2.75) is 6.92 Å². The molecule has 1 rings (SSSR count). The van der Waals surface area contributed by atoms with E-state index in [4.69, 9.17) is 0 Å². The summed E-state index contributed by atoms with van der Waals surface area (Å²) in [6, 6.07) is 0. The Labute approximate surface area is 109 Å². The first kappa shape index (κ1) is 13.7. The third-order valence-corrected chi connectivity index (χ3v) is 2.64. The number of rotatable bonds is 5. The molecule has 0 aliphatic rings. The number of nitrogens with zero attached hydrogens (tertiary/aromatic N) is 3. The van der Waals surface area contributed by atoms with Crippen molar-refractivity contribution in [3.8, 4) is 0 Å². The highest BCUT2D eigenvalue weighted by Gasteiger charge is 2.12. The fourth-order valence-corrected chi connectivity index (χ4v) is 1.73. The van der Waals surface area contributed by atoms with E-state index in [9.17, 15) is 4.79 Å². The van der Waals surface area contributed by atoms with Gasteiger partial charge in [0.2, 0.25) is 11.9 Å². The topological polar surface area (TPSA) is 70.2 Å². The summed E-state index contributed by atoms with van der Waals surface area (Å²) in [6.07, 6.45) is 1.67. The van der Waals surface area contributed by atoms with E-state index in [0.29, 0.717) is 11.8 Å². The molecular formula is C10H16BrN5O. The van der Waals surface area contributed by atoms with Crippen LogP contribution in [0.5, 0.6) is 0 Å². The monoisotopic (exact) mass is 301 g/mol. The maximum Gasteiger partial charge on any atom is 0.239 e. The molecule has 1 amide bonds. The van der Waals surface area contributed by atoms with Gasteiger partial charge >= 0.3 is 0 Å². The highest BCUT2D eigenvalue weighted by atomic mass is 79.9. The molecule has 0 saturated heterocycles. The van der Waals surface area contributed by atoms with E-state index in [1.165, 1.54) is 0 Å². The number of likely N-dealkylation sites (N-methyl/N-ethyl adjacent to an activating group) is 2. The van der Waals surface area contributed by atoms with Crippen LogP contribution in [0.2, 0.25) is 0 Å². The molecule has 17 heavy (non-hydrogen) atoms. The quantitative estimate of drug-likeness (QED) is 0.844. The van der Waals surface area contributed by atoms with Gasteiger partial charge in [0.15, 0.2) is 0 Å². The largest absolute Gasteiger partial charge is 0.358 e. The minimum atomic E-state index is -0.0667. The number of aromatic nitrogens is 2. The molecule has 1 aromatic heterocycles. The minimum Gasteiger partial charge on any atom is -0.358 e. The normalized spacial score (nSPS) is 9.88. The Kier molecular flexibility index (Phi) is 5.14. The summed E-state index contributed by atoms with van der Waals surface area (Å²) in [6.45, 7) is 2.97. The van der Waals surface area contributed by atoms with Gasteiger partial charge in [0.05, 0.1) is 11.0 Å². The van der Waals surface area contributed by atoms with Crippen LogP contribution in [0.15, 0.2) is 10.7 Å². The standard InChI is InChI=1S/C10H16BrN5O/c1-4-13-10-14-5-7(11)9(15-10)16(3)6-8(17)12-2/h5H,4,6H2,1-3H3,(H,12,17)(H,13,14,15). The van der Waals surface area contributed by atoms with Crippen molar-refractivity contribution in [1.82, 2.24) is 15.3 Å². The van der Waals surface area contributed by atoms with Gasteiger partial charge in [-0.1, -0.05) is 0 Å². The van der Waals surface area contributed by atoms with Gasteiger partial charge in [0.25, 0.3) is 0 Å². The summed E-state index contributed by atoms with van der Waals surface area (Å²) >= 11 is 3.37. The fraction of sp³-hybridized carbons (Fsp3) is 0.500. The van der Waals surface area contributed by atoms with Crippen LogP contribution in [-0.4, -0.2) is 43.1 Å². The highest BCUT2D eigenvalue weighted by Crippen LogP contribution is 2.22. The Morgan fingerprint density at radius 2 is 2.29 bits per heavy atom. The van der Waals surface area contributed by atoms with Crippen LogP contribution in [0.4, 0.5) is 11.8 Å². The summed E-state index contributed by atoms with van der Waals surface area (Å²) in [7, 11) is 3.41. The molecule has 6 nitrogen and oxygen atoms in total. The average Bonchev–Trinajstić information content (AvgIpc) is 2.31.